The molecule has 1 amide bonds. The highest BCUT2D eigenvalue weighted by atomic mass is 35.5. The van der Waals surface area contributed by atoms with Crippen LogP contribution in [0.15, 0.2) is 53.6 Å². The Balaban J connectivity index is 1.79. The average Bonchev–Trinajstić information content (AvgIpc) is 2.53. The zero-order chi connectivity index (χ0) is 16.7. The molecule has 0 bridgehead atoms. The molecule has 0 atom stereocenters. The molecule has 0 spiro atoms. The minimum absolute atomic E-state index is 0.122. The van der Waals surface area contributed by atoms with Crippen molar-refractivity contribution < 1.29 is 4.79 Å². The van der Waals surface area contributed by atoms with Gasteiger partial charge in [-0.3, -0.25) is 4.79 Å². The van der Waals surface area contributed by atoms with Crippen LogP contribution in [0.25, 0.3) is 0 Å². The number of hydrogen-bond donors (Lipinski definition) is 2. The standard InChI is InChI=1S/C17H19ClN4O/c1-22(2)16-8-6-13(7-9-16)11-20-21-17(23)12-19-15-5-3-4-14(18)10-15/h3-11,19H,12H2,1-2H3,(H,21,23)/b20-11+. The zero-order valence-electron chi connectivity index (χ0n) is 13.1. The van der Waals surface area contributed by atoms with E-state index in [0.717, 1.165) is 16.9 Å². The highest BCUT2D eigenvalue weighted by Gasteiger charge is 2.00. The van der Waals surface area contributed by atoms with Gasteiger partial charge in [-0.2, -0.15) is 5.10 Å². The topological polar surface area (TPSA) is 56.7 Å². The lowest BCUT2D eigenvalue weighted by Crippen LogP contribution is -2.25. The lowest BCUT2D eigenvalue weighted by atomic mass is 10.2. The predicted octanol–water partition coefficient (Wildman–Crippen LogP) is 2.97. The normalized spacial score (nSPS) is 10.6. The molecule has 0 aliphatic carbocycles. The van der Waals surface area contributed by atoms with Crippen LogP contribution in [0.1, 0.15) is 5.56 Å². The van der Waals surface area contributed by atoms with E-state index in [4.69, 9.17) is 11.6 Å². The molecule has 0 saturated heterocycles. The van der Waals surface area contributed by atoms with E-state index >= 15 is 0 Å². The van der Waals surface area contributed by atoms with E-state index < -0.39 is 0 Å². The monoisotopic (exact) mass is 330 g/mol. The summed E-state index contributed by atoms with van der Waals surface area (Å²) in [5.41, 5.74) is 5.29. The molecule has 6 heteroatoms. The SMILES string of the molecule is CN(C)c1ccc(/C=N/NC(=O)CNc2cccc(Cl)c2)cc1. The summed E-state index contributed by atoms with van der Waals surface area (Å²) in [6, 6.07) is 15.0. The number of nitrogens with zero attached hydrogens (tertiary/aromatic N) is 2. The molecule has 120 valence electrons. The molecule has 2 rings (SSSR count). The Morgan fingerprint density at radius 2 is 1.96 bits per heavy atom. The molecule has 5 nitrogen and oxygen atoms in total. The Labute approximate surface area is 141 Å². The number of anilines is 2. The molecular weight excluding hydrogens is 312 g/mol. The van der Waals surface area contributed by atoms with Crippen LogP contribution in [0.2, 0.25) is 5.02 Å². The molecule has 2 N–H and O–H groups in total. The minimum atomic E-state index is -0.230. The van der Waals surface area contributed by atoms with Crippen molar-refractivity contribution in [3.05, 3.63) is 59.1 Å². The number of hydrazone groups is 1. The number of carbonyl (C=O) groups excluding carboxylic acids is 1. The second-order valence-corrected chi connectivity index (χ2v) is 5.58. The predicted molar refractivity (Wildman–Crippen MR) is 96.4 cm³/mol. The maximum Gasteiger partial charge on any atom is 0.259 e. The van der Waals surface area contributed by atoms with Crippen molar-refractivity contribution in [3.8, 4) is 0 Å². The van der Waals surface area contributed by atoms with Crippen molar-refractivity contribution in [1.82, 2.24) is 5.43 Å². The summed E-state index contributed by atoms with van der Waals surface area (Å²) in [7, 11) is 3.96. The number of rotatable bonds is 6. The quantitative estimate of drug-likeness (QED) is 0.632. The summed E-state index contributed by atoms with van der Waals surface area (Å²) in [6.45, 7) is 0.122. The molecule has 0 radical (unpaired) electrons. The molecule has 23 heavy (non-hydrogen) atoms. The van der Waals surface area contributed by atoms with Crippen LogP contribution in [0.3, 0.4) is 0 Å². The first-order valence-electron chi connectivity index (χ1n) is 7.13. The van der Waals surface area contributed by atoms with Gasteiger partial charge in [0.05, 0.1) is 12.8 Å². The maximum atomic E-state index is 11.7. The third-order valence-electron chi connectivity index (χ3n) is 3.09. The van der Waals surface area contributed by atoms with Gasteiger partial charge in [0.1, 0.15) is 0 Å². The Kier molecular flexibility index (Phi) is 6.00. The number of nitrogens with one attached hydrogen (secondary N) is 2. The first-order chi connectivity index (χ1) is 11.0. The second-order valence-electron chi connectivity index (χ2n) is 5.14. The van der Waals surface area contributed by atoms with Crippen molar-refractivity contribution in [2.75, 3.05) is 30.9 Å². The van der Waals surface area contributed by atoms with Gasteiger partial charge < -0.3 is 10.2 Å². The molecule has 0 aliphatic heterocycles. The van der Waals surface area contributed by atoms with Crippen molar-refractivity contribution >= 4 is 35.1 Å². The second kappa shape index (κ2) is 8.19. The van der Waals surface area contributed by atoms with Gasteiger partial charge in [0.25, 0.3) is 5.91 Å². The van der Waals surface area contributed by atoms with Gasteiger partial charge in [0, 0.05) is 30.5 Å². The fourth-order valence-electron chi connectivity index (χ4n) is 1.86. The summed E-state index contributed by atoms with van der Waals surface area (Å²) in [6.07, 6.45) is 1.61. The number of amides is 1. The smallest absolute Gasteiger partial charge is 0.259 e. The van der Waals surface area contributed by atoms with E-state index in [2.05, 4.69) is 15.8 Å². The fraction of sp³-hybridized carbons (Fsp3) is 0.176. The summed E-state index contributed by atoms with van der Waals surface area (Å²) >= 11 is 5.88. The molecule has 0 unspecified atom stereocenters. The number of halogens is 1. The summed E-state index contributed by atoms with van der Waals surface area (Å²) in [5.74, 6) is -0.230. The zero-order valence-corrected chi connectivity index (χ0v) is 13.8. The molecule has 0 fully saturated rings. The van der Waals surface area contributed by atoms with Crippen LogP contribution in [0, 0.1) is 0 Å². The van der Waals surface area contributed by atoms with Crippen LogP contribution in [-0.2, 0) is 4.79 Å². The van der Waals surface area contributed by atoms with Gasteiger partial charge >= 0.3 is 0 Å². The summed E-state index contributed by atoms with van der Waals surface area (Å²) in [4.78, 5) is 13.7. The maximum absolute atomic E-state index is 11.7. The van der Waals surface area contributed by atoms with Crippen LogP contribution in [-0.4, -0.2) is 32.8 Å². The third-order valence-corrected chi connectivity index (χ3v) is 3.33. The number of carbonyl (C=O) groups is 1. The van der Waals surface area contributed by atoms with Gasteiger partial charge in [-0.25, -0.2) is 5.43 Å². The fourth-order valence-corrected chi connectivity index (χ4v) is 2.05. The van der Waals surface area contributed by atoms with E-state index in [1.54, 1.807) is 18.3 Å². The Morgan fingerprint density at radius 1 is 1.22 bits per heavy atom. The first-order valence-corrected chi connectivity index (χ1v) is 7.51. The Hall–Kier alpha value is -2.53. The summed E-state index contributed by atoms with van der Waals surface area (Å²) < 4.78 is 0. The largest absolute Gasteiger partial charge is 0.378 e. The van der Waals surface area contributed by atoms with E-state index in [1.165, 1.54) is 0 Å². The van der Waals surface area contributed by atoms with Crippen molar-refractivity contribution in [2.45, 2.75) is 0 Å². The van der Waals surface area contributed by atoms with Crippen LogP contribution in [0.4, 0.5) is 11.4 Å². The average molecular weight is 331 g/mol. The highest BCUT2D eigenvalue weighted by molar-refractivity contribution is 6.30. The molecular formula is C17H19ClN4O. The highest BCUT2D eigenvalue weighted by Crippen LogP contribution is 2.14. The van der Waals surface area contributed by atoms with Crippen molar-refractivity contribution in [3.63, 3.8) is 0 Å². The molecule has 0 aliphatic rings. The van der Waals surface area contributed by atoms with Gasteiger partial charge in [-0.15, -0.1) is 0 Å². The molecule has 0 aromatic heterocycles. The first kappa shape index (κ1) is 16.8. The van der Waals surface area contributed by atoms with Crippen LogP contribution < -0.4 is 15.6 Å². The lowest BCUT2D eigenvalue weighted by molar-refractivity contribution is -0.119. The van der Waals surface area contributed by atoms with E-state index in [1.807, 2.05) is 55.4 Å². The number of benzene rings is 2. The third kappa shape index (κ3) is 5.64. The van der Waals surface area contributed by atoms with E-state index in [-0.39, 0.29) is 12.5 Å². The summed E-state index contributed by atoms with van der Waals surface area (Å²) in [5, 5.41) is 7.54. The van der Waals surface area contributed by atoms with Crippen LogP contribution in [0.5, 0.6) is 0 Å². The Bertz CT molecular complexity index is 683. The van der Waals surface area contributed by atoms with Gasteiger partial charge in [0.15, 0.2) is 0 Å². The van der Waals surface area contributed by atoms with Crippen molar-refractivity contribution in [2.24, 2.45) is 5.10 Å². The molecule has 0 saturated carbocycles. The molecule has 2 aromatic carbocycles. The van der Waals surface area contributed by atoms with Gasteiger partial charge in [0.2, 0.25) is 0 Å². The molecule has 2 aromatic rings. The van der Waals surface area contributed by atoms with Gasteiger partial charge in [-0.05, 0) is 35.9 Å². The number of hydrogen-bond acceptors (Lipinski definition) is 4. The van der Waals surface area contributed by atoms with E-state index in [9.17, 15) is 4.79 Å². The van der Waals surface area contributed by atoms with E-state index in [0.29, 0.717) is 5.02 Å². The van der Waals surface area contributed by atoms with Gasteiger partial charge in [-0.1, -0.05) is 29.8 Å². The van der Waals surface area contributed by atoms with Crippen LogP contribution >= 0.6 is 11.6 Å². The lowest BCUT2D eigenvalue weighted by Gasteiger charge is -2.11. The molecule has 0 heterocycles. The minimum Gasteiger partial charge on any atom is -0.378 e. The van der Waals surface area contributed by atoms with Crippen molar-refractivity contribution in [1.29, 1.82) is 0 Å². The Morgan fingerprint density at radius 3 is 2.61 bits per heavy atom.